The van der Waals surface area contributed by atoms with Crippen LogP contribution in [-0.2, 0) is 6.42 Å². The average molecular weight is 350 g/mol. The summed E-state index contributed by atoms with van der Waals surface area (Å²) in [5.41, 5.74) is 3.24. The minimum Gasteiger partial charge on any atom is -0.461 e. The number of imidazole rings is 1. The Bertz CT molecular complexity index is 1200. The van der Waals surface area contributed by atoms with Crippen LogP contribution in [0.5, 0.6) is 0 Å². The second kappa shape index (κ2) is 5.98. The van der Waals surface area contributed by atoms with Gasteiger partial charge in [0.15, 0.2) is 0 Å². The highest BCUT2D eigenvalue weighted by Gasteiger charge is 2.16. The first-order chi connectivity index (χ1) is 12.5. The van der Waals surface area contributed by atoms with E-state index in [0.29, 0.717) is 23.2 Å². The van der Waals surface area contributed by atoms with Gasteiger partial charge in [0, 0.05) is 41.2 Å². The van der Waals surface area contributed by atoms with Crippen molar-refractivity contribution < 1.29 is 13.6 Å². The Balaban J connectivity index is 1.77. The molecule has 0 aliphatic carbocycles. The Morgan fingerprint density at radius 2 is 1.81 bits per heavy atom. The van der Waals surface area contributed by atoms with Gasteiger partial charge in [0.2, 0.25) is 5.91 Å². The summed E-state index contributed by atoms with van der Waals surface area (Å²) < 4.78 is 12.6. The number of benzene rings is 1. The predicted molar refractivity (Wildman–Crippen MR) is 97.6 cm³/mol. The Labute approximate surface area is 149 Å². The number of aromatic nitrogens is 2. The number of aryl methyl sites for hydroxylation is 3. The number of furan rings is 1. The van der Waals surface area contributed by atoms with Gasteiger partial charge < -0.3 is 8.83 Å². The van der Waals surface area contributed by atoms with Gasteiger partial charge in [-0.25, -0.2) is 9.78 Å². The van der Waals surface area contributed by atoms with Crippen molar-refractivity contribution in [2.75, 3.05) is 0 Å². The Hall–Kier alpha value is -3.15. The Kier molecular flexibility index (Phi) is 3.76. The molecule has 0 radical (unpaired) electrons. The highest BCUT2D eigenvalue weighted by molar-refractivity contribution is 5.96. The molecule has 0 aliphatic rings. The molecule has 6 nitrogen and oxygen atoms in total. The van der Waals surface area contributed by atoms with E-state index in [9.17, 15) is 9.59 Å². The van der Waals surface area contributed by atoms with E-state index in [1.807, 2.05) is 26.8 Å². The molecule has 132 valence electrons. The number of carbonyl (C=O) groups excluding carboxylic acids is 1. The zero-order valence-corrected chi connectivity index (χ0v) is 14.8. The van der Waals surface area contributed by atoms with Crippen LogP contribution in [0.15, 0.2) is 44.5 Å². The second-order valence-corrected chi connectivity index (χ2v) is 6.48. The van der Waals surface area contributed by atoms with Gasteiger partial charge in [-0.3, -0.25) is 9.36 Å². The lowest BCUT2D eigenvalue weighted by Gasteiger charge is -2.08. The third-order valence-electron chi connectivity index (χ3n) is 4.96. The van der Waals surface area contributed by atoms with E-state index in [2.05, 4.69) is 4.98 Å². The number of nitrogens with zero attached hydrogens (tertiary/aromatic N) is 2. The summed E-state index contributed by atoms with van der Waals surface area (Å²) in [6.45, 7) is 5.81. The molecule has 0 spiro atoms. The lowest BCUT2D eigenvalue weighted by atomic mass is 10.0. The molecule has 0 saturated carbocycles. The van der Waals surface area contributed by atoms with E-state index in [-0.39, 0.29) is 12.3 Å². The van der Waals surface area contributed by atoms with E-state index in [1.54, 1.807) is 18.5 Å². The predicted octanol–water partition coefficient (Wildman–Crippen LogP) is 3.93. The molecule has 3 aromatic heterocycles. The van der Waals surface area contributed by atoms with Crippen molar-refractivity contribution in [2.24, 2.45) is 0 Å². The zero-order chi connectivity index (χ0) is 18.4. The van der Waals surface area contributed by atoms with Gasteiger partial charge in [0.25, 0.3) is 0 Å². The molecule has 1 aromatic carbocycles. The fourth-order valence-corrected chi connectivity index (χ4v) is 3.28. The molecule has 0 amide bonds. The standard InChI is InChI=1S/C20H18N2O4/c1-11-13(3)25-17-9-18-16(8-15(11)17)12(2)14(20(24)26-18)4-5-19(23)22-7-6-21-10-22/h6-10H,4-5H2,1-3H3. The van der Waals surface area contributed by atoms with Crippen molar-refractivity contribution >= 4 is 27.8 Å². The van der Waals surface area contributed by atoms with E-state index in [4.69, 9.17) is 8.83 Å². The van der Waals surface area contributed by atoms with Crippen LogP contribution < -0.4 is 5.63 Å². The maximum Gasteiger partial charge on any atom is 0.339 e. The summed E-state index contributed by atoms with van der Waals surface area (Å²) in [6, 6.07) is 3.76. The first-order valence-electron chi connectivity index (χ1n) is 8.43. The molecule has 3 heterocycles. The number of fused-ring (bicyclic) bond motifs is 2. The molecule has 0 bridgehead atoms. The van der Waals surface area contributed by atoms with E-state index >= 15 is 0 Å². The van der Waals surface area contributed by atoms with Gasteiger partial charge in [-0.15, -0.1) is 0 Å². The maximum atomic E-state index is 12.4. The SMILES string of the molecule is Cc1oc2cc3oc(=O)c(CCC(=O)n4ccnc4)c(C)c3cc2c1C. The maximum absolute atomic E-state index is 12.4. The second-order valence-electron chi connectivity index (χ2n) is 6.48. The van der Waals surface area contributed by atoms with Gasteiger partial charge in [0.05, 0.1) is 0 Å². The summed E-state index contributed by atoms with van der Waals surface area (Å²) in [5.74, 6) is 0.736. The fourth-order valence-electron chi connectivity index (χ4n) is 3.28. The van der Waals surface area contributed by atoms with Crippen LogP contribution in [0.25, 0.3) is 21.9 Å². The molecule has 0 aliphatic heterocycles. The summed E-state index contributed by atoms with van der Waals surface area (Å²) in [4.78, 5) is 28.5. The van der Waals surface area contributed by atoms with Crippen molar-refractivity contribution in [3.05, 3.63) is 63.7 Å². The normalized spacial score (nSPS) is 11.5. The molecule has 0 atom stereocenters. The average Bonchev–Trinajstić information content (AvgIpc) is 3.23. The van der Waals surface area contributed by atoms with Crippen LogP contribution >= 0.6 is 0 Å². The van der Waals surface area contributed by atoms with E-state index < -0.39 is 5.63 Å². The molecule has 4 rings (SSSR count). The topological polar surface area (TPSA) is 78.2 Å². The minimum absolute atomic E-state index is 0.113. The van der Waals surface area contributed by atoms with Crippen molar-refractivity contribution in [3.63, 3.8) is 0 Å². The van der Waals surface area contributed by atoms with E-state index in [1.165, 1.54) is 10.9 Å². The number of carbonyl (C=O) groups is 1. The van der Waals surface area contributed by atoms with Crippen LogP contribution in [0.3, 0.4) is 0 Å². The lowest BCUT2D eigenvalue weighted by molar-refractivity contribution is 0.0902. The molecule has 6 heteroatoms. The Morgan fingerprint density at radius 3 is 2.54 bits per heavy atom. The molecule has 26 heavy (non-hydrogen) atoms. The van der Waals surface area contributed by atoms with Crippen molar-refractivity contribution in [1.29, 1.82) is 0 Å². The van der Waals surface area contributed by atoms with E-state index in [0.717, 1.165) is 27.7 Å². The van der Waals surface area contributed by atoms with Crippen LogP contribution in [0.4, 0.5) is 0 Å². The first-order valence-corrected chi connectivity index (χ1v) is 8.43. The number of rotatable bonds is 3. The number of hydrogen-bond acceptors (Lipinski definition) is 5. The van der Waals surface area contributed by atoms with Crippen LogP contribution in [0, 0.1) is 20.8 Å². The van der Waals surface area contributed by atoms with Crippen molar-refractivity contribution in [2.45, 2.75) is 33.6 Å². The number of hydrogen-bond donors (Lipinski definition) is 0. The van der Waals surface area contributed by atoms with Gasteiger partial charge >= 0.3 is 5.63 Å². The van der Waals surface area contributed by atoms with Gasteiger partial charge in [0.1, 0.15) is 23.3 Å². The monoisotopic (exact) mass is 350 g/mol. The quantitative estimate of drug-likeness (QED) is 0.523. The molecular formula is C20H18N2O4. The fraction of sp³-hybridized carbons (Fsp3) is 0.250. The van der Waals surface area contributed by atoms with Crippen LogP contribution in [0.2, 0.25) is 0 Å². The van der Waals surface area contributed by atoms with Gasteiger partial charge in [-0.1, -0.05) is 0 Å². The lowest BCUT2D eigenvalue weighted by Crippen LogP contribution is -2.15. The summed E-state index contributed by atoms with van der Waals surface area (Å²) in [7, 11) is 0. The van der Waals surface area contributed by atoms with Crippen molar-refractivity contribution in [3.8, 4) is 0 Å². The third kappa shape index (κ3) is 2.54. The Morgan fingerprint density at radius 1 is 1.08 bits per heavy atom. The van der Waals surface area contributed by atoms with Crippen LogP contribution in [0.1, 0.15) is 33.7 Å². The highest BCUT2D eigenvalue weighted by atomic mass is 16.4. The largest absolute Gasteiger partial charge is 0.461 e. The van der Waals surface area contributed by atoms with Crippen molar-refractivity contribution in [1.82, 2.24) is 9.55 Å². The van der Waals surface area contributed by atoms with Gasteiger partial charge in [-0.2, -0.15) is 0 Å². The molecule has 0 fully saturated rings. The summed E-state index contributed by atoms with van der Waals surface area (Å²) >= 11 is 0. The molecule has 0 saturated heterocycles. The van der Waals surface area contributed by atoms with Gasteiger partial charge in [-0.05, 0) is 44.4 Å². The van der Waals surface area contributed by atoms with Crippen LogP contribution in [-0.4, -0.2) is 15.5 Å². The minimum atomic E-state index is -0.409. The molecule has 0 unspecified atom stereocenters. The summed E-state index contributed by atoms with van der Waals surface area (Å²) in [5, 5.41) is 1.87. The highest BCUT2D eigenvalue weighted by Crippen LogP contribution is 2.31. The third-order valence-corrected chi connectivity index (χ3v) is 4.96. The molecule has 4 aromatic rings. The molecule has 0 N–H and O–H groups in total. The smallest absolute Gasteiger partial charge is 0.339 e. The molecular weight excluding hydrogens is 332 g/mol. The summed E-state index contributed by atoms with van der Waals surface area (Å²) in [6.07, 6.45) is 5.13. The first kappa shape index (κ1) is 16.3. The zero-order valence-electron chi connectivity index (χ0n) is 14.8.